The molecule has 0 aliphatic heterocycles. The van der Waals surface area contributed by atoms with E-state index in [0.717, 1.165) is 12.8 Å². The normalized spacial score (nSPS) is 12.1. The van der Waals surface area contributed by atoms with Crippen LogP contribution in [0, 0.1) is 0 Å². The molecular formula is C12H21N. The summed E-state index contributed by atoms with van der Waals surface area (Å²) in [5.41, 5.74) is 3.12. The molecule has 0 saturated carbocycles. The van der Waals surface area contributed by atoms with Crippen LogP contribution in [0.1, 0.15) is 45.9 Å². The molecule has 0 aromatic carbocycles. The minimum Gasteiger partial charge on any atom is -0.346 e. The van der Waals surface area contributed by atoms with Crippen LogP contribution in [-0.2, 0) is 18.4 Å². The van der Waals surface area contributed by atoms with Gasteiger partial charge in [-0.1, -0.05) is 13.8 Å². The van der Waals surface area contributed by atoms with Crippen molar-refractivity contribution in [1.82, 2.24) is 4.57 Å². The van der Waals surface area contributed by atoms with Crippen LogP contribution < -0.4 is 0 Å². The first-order chi connectivity index (χ1) is 5.99. The second-order valence-electron chi connectivity index (χ2n) is 4.59. The standard InChI is InChI=1S/C12H21N/c1-6-10-8-11(7-2)13(9-10)12(3,4)5/h8-9H,6-7H2,1-5H3. The van der Waals surface area contributed by atoms with E-state index >= 15 is 0 Å². The summed E-state index contributed by atoms with van der Waals surface area (Å²) < 4.78 is 2.39. The van der Waals surface area contributed by atoms with Gasteiger partial charge in [-0.25, -0.2) is 0 Å². The van der Waals surface area contributed by atoms with Crippen molar-refractivity contribution in [3.8, 4) is 0 Å². The first-order valence-corrected chi connectivity index (χ1v) is 5.19. The topological polar surface area (TPSA) is 4.93 Å². The minimum atomic E-state index is 0.221. The number of aromatic nitrogens is 1. The summed E-state index contributed by atoms with van der Waals surface area (Å²) in [5.74, 6) is 0. The summed E-state index contributed by atoms with van der Waals surface area (Å²) in [5, 5.41) is 0. The molecule has 1 aromatic rings. The summed E-state index contributed by atoms with van der Waals surface area (Å²) in [6.45, 7) is 11.2. The number of nitrogens with zero attached hydrogens (tertiary/aromatic N) is 1. The first-order valence-electron chi connectivity index (χ1n) is 5.19. The summed E-state index contributed by atoms with van der Waals surface area (Å²) >= 11 is 0. The van der Waals surface area contributed by atoms with E-state index in [-0.39, 0.29) is 5.54 Å². The molecule has 13 heavy (non-hydrogen) atoms. The average molecular weight is 179 g/mol. The fourth-order valence-corrected chi connectivity index (χ4v) is 1.66. The van der Waals surface area contributed by atoms with Gasteiger partial charge in [0.2, 0.25) is 0 Å². The summed E-state index contributed by atoms with van der Waals surface area (Å²) in [6.07, 6.45) is 4.55. The Morgan fingerprint density at radius 3 is 2.08 bits per heavy atom. The maximum absolute atomic E-state index is 2.39. The molecule has 0 fully saturated rings. The van der Waals surface area contributed by atoms with Crippen molar-refractivity contribution in [2.24, 2.45) is 0 Å². The van der Waals surface area contributed by atoms with E-state index in [2.05, 4.69) is 51.4 Å². The molecule has 0 bridgehead atoms. The molecule has 1 nitrogen and oxygen atoms in total. The van der Waals surface area contributed by atoms with Crippen LogP contribution in [-0.4, -0.2) is 4.57 Å². The van der Waals surface area contributed by atoms with E-state index in [1.54, 1.807) is 0 Å². The Morgan fingerprint density at radius 2 is 1.77 bits per heavy atom. The van der Waals surface area contributed by atoms with Crippen LogP contribution in [0.25, 0.3) is 0 Å². The maximum atomic E-state index is 2.39. The number of hydrogen-bond acceptors (Lipinski definition) is 0. The molecule has 0 aliphatic rings. The Bertz CT molecular complexity index is 276. The number of rotatable bonds is 2. The maximum Gasteiger partial charge on any atom is 0.0358 e. The minimum absolute atomic E-state index is 0.221. The fourth-order valence-electron chi connectivity index (χ4n) is 1.66. The number of aryl methyl sites for hydroxylation is 2. The Hall–Kier alpha value is -0.720. The Kier molecular flexibility index (Phi) is 2.84. The quantitative estimate of drug-likeness (QED) is 0.656. The predicted molar refractivity (Wildman–Crippen MR) is 58.2 cm³/mol. The van der Waals surface area contributed by atoms with Gasteiger partial charge in [0.1, 0.15) is 0 Å². The van der Waals surface area contributed by atoms with Crippen molar-refractivity contribution in [3.63, 3.8) is 0 Å². The fraction of sp³-hybridized carbons (Fsp3) is 0.667. The van der Waals surface area contributed by atoms with Gasteiger partial charge in [0.25, 0.3) is 0 Å². The SMILES string of the molecule is CCc1cc(CC)n(C(C)(C)C)c1. The highest BCUT2D eigenvalue weighted by atomic mass is 15.0. The van der Waals surface area contributed by atoms with Gasteiger partial charge in [-0.05, 0) is 45.2 Å². The van der Waals surface area contributed by atoms with Gasteiger partial charge in [-0.2, -0.15) is 0 Å². The molecule has 0 aliphatic carbocycles. The molecule has 0 atom stereocenters. The monoisotopic (exact) mass is 179 g/mol. The van der Waals surface area contributed by atoms with Crippen LogP contribution in [0.3, 0.4) is 0 Å². The van der Waals surface area contributed by atoms with E-state index < -0.39 is 0 Å². The van der Waals surface area contributed by atoms with Crippen molar-refractivity contribution in [2.75, 3.05) is 0 Å². The molecule has 0 N–H and O–H groups in total. The lowest BCUT2D eigenvalue weighted by Gasteiger charge is -2.24. The highest BCUT2D eigenvalue weighted by molar-refractivity contribution is 5.20. The third kappa shape index (κ3) is 2.15. The summed E-state index contributed by atoms with van der Waals surface area (Å²) in [6, 6.07) is 2.32. The van der Waals surface area contributed by atoms with Gasteiger partial charge >= 0.3 is 0 Å². The van der Waals surface area contributed by atoms with Gasteiger partial charge in [0.05, 0.1) is 0 Å². The third-order valence-electron chi connectivity index (χ3n) is 2.45. The number of hydrogen-bond donors (Lipinski definition) is 0. The highest BCUT2D eigenvalue weighted by Gasteiger charge is 2.15. The van der Waals surface area contributed by atoms with Crippen LogP contribution in [0.4, 0.5) is 0 Å². The molecule has 0 unspecified atom stereocenters. The van der Waals surface area contributed by atoms with Gasteiger partial charge in [0, 0.05) is 17.4 Å². The van der Waals surface area contributed by atoms with Gasteiger partial charge in [-0.15, -0.1) is 0 Å². The van der Waals surface area contributed by atoms with Crippen LogP contribution in [0.15, 0.2) is 12.3 Å². The Balaban J connectivity index is 3.11. The second kappa shape index (κ2) is 3.57. The van der Waals surface area contributed by atoms with Gasteiger partial charge < -0.3 is 4.57 Å². The van der Waals surface area contributed by atoms with Crippen LogP contribution in [0.2, 0.25) is 0 Å². The average Bonchev–Trinajstić information content (AvgIpc) is 2.46. The zero-order chi connectivity index (χ0) is 10.1. The van der Waals surface area contributed by atoms with E-state index in [1.165, 1.54) is 11.3 Å². The van der Waals surface area contributed by atoms with Crippen molar-refractivity contribution in [2.45, 2.75) is 53.0 Å². The molecule has 1 heteroatoms. The first kappa shape index (κ1) is 10.4. The lowest BCUT2D eigenvalue weighted by molar-refractivity contribution is 0.386. The molecule has 1 aromatic heterocycles. The van der Waals surface area contributed by atoms with Crippen LogP contribution in [0.5, 0.6) is 0 Å². The smallest absolute Gasteiger partial charge is 0.0358 e. The van der Waals surface area contributed by atoms with Crippen molar-refractivity contribution >= 4 is 0 Å². The van der Waals surface area contributed by atoms with E-state index in [0.29, 0.717) is 0 Å². The Morgan fingerprint density at radius 1 is 1.15 bits per heavy atom. The van der Waals surface area contributed by atoms with E-state index in [9.17, 15) is 0 Å². The predicted octanol–water partition coefficient (Wildman–Crippen LogP) is 3.37. The van der Waals surface area contributed by atoms with Crippen molar-refractivity contribution < 1.29 is 0 Å². The zero-order valence-corrected chi connectivity index (χ0v) is 9.52. The van der Waals surface area contributed by atoms with Crippen molar-refractivity contribution in [3.05, 3.63) is 23.5 Å². The summed E-state index contributed by atoms with van der Waals surface area (Å²) in [4.78, 5) is 0. The molecule has 0 spiro atoms. The van der Waals surface area contributed by atoms with Crippen molar-refractivity contribution in [1.29, 1.82) is 0 Å². The molecule has 0 saturated heterocycles. The Labute approximate surface area is 81.8 Å². The third-order valence-corrected chi connectivity index (χ3v) is 2.45. The molecule has 0 radical (unpaired) electrons. The summed E-state index contributed by atoms with van der Waals surface area (Å²) in [7, 11) is 0. The van der Waals surface area contributed by atoms with Gasteiger partial charge in [-0.3, -0.25) is 0 Å². The lowest BCUT2D eigenvalue weighted by atomic mass is 10.1. The molecular weight excluding hydrogens is 158 g/mol. The molecule has 1 rings (SSSR count). The zero-order valence-electron chi connectivity index (χ0n) is 9.52. The van der Waals surface area contributed by atoms with E-state index in [1.807, 2.05) is 0 Å². The lowest BCUT2D eigenvalue weighted by Crippen LogP contribution is -2.22. The van der Waals surface area contributed by atoms with Gasteiger partial charge in [0.15, 0.2) is 0 Å². The van der Waals surface area contributed by atoms with Crippen LogP contribution >= 0.6 is 0 Å². The largest absolute Gasteiger partial charge is 0.346 e. The van der Waals surface area contributed by atoms with E-state index in [4.69, 9.17) is 0 Å². The molecule has 74 valence electrons. The second-order valence-corrected chi connectivity index (χ2v) is 4.59. The molecule has 0 amide bonds. The highest BCUT2D eigenvalue weighted by Crippen LogP contribution is 2.20. The molecule has 1 heterocycles.